The molecule has 0 saturated heterocycles. The van der Waals surface area contributed by atoms with Gasteiger partial charge in [-0.15, -0.1) is 0 Å². The molecule has 0 spiro atoms. The quantitative estimate of drug-likeness (QED) is 0.473. The van der Waals surface area contributed by atoms with Gasteiger partial charge >= 0.3 is 6.18 Å². The van der Waals surface area contributed by atoms with Gasteiger partial charge in [0, 0.05) is 6.07 Å². The maximum Gasteiger partial charge on any atom is 0.416 e. The second-order valence-electron chi connectivity index (χ2n) is 6.43. The molecule has 0 unspecified atom stereocenters. The number of hydrogen-bond donors (Lipinski definition) is 1. The summed E-state index contributed by atoms with van der Waals surface area (Å²) in [7, 11) is -4.24. The van der Waals surface area contributed by atoms with Crippen LogP contribution >= 0.6 is 0 Å². The van der Waals surface area contributed by atoms with Crippen molar-refractivity contribution in [2.75, 3.05) is 4.72 Å². The Kier molecular flexibility index (Phi) is 5.90. The number of halogens is 6. The Morgan fingerprint density at radius 3 is 2.00 bits per heavy atom. The number of hydrogen-bond acceptors (Lipinski definition) is 3. The van der Waals surface area contributed by atoms with E-state index >= 15 is 0 Å². The lowest BCUT2D eigenvalue weighted by atomic mass is 10.2. The summed E-state index contributed by atoms with van der Waals surface area (Å²) < 4.78 is 112. The third-order valence-electron chi connectivity index (χ3n) is 4.05. The molecule has 3 aromatic rings. The molecular formula is C20H13F6NO3S. The average molecular weight is 461 g/mol. The zero-order valence-corrected chi connectivity index (χ0v) is 16.4. The summed E-state index contributed by atoms with van der Waals surface area (Å²) in [6, 6.07) is 8.04. The number of anilines is 1. The highest BCUT2D eigenvalue weighted by molar-refractivity contribution is 7.92. The molecule has 0 aliphatic carbocycles. The number of benzene rings is 3. The number of aryl methyl sites for hydroxylation is 1. The molecule has 3 rings (SSSR count). The van der Waals surface area contributed by atoms with Crippen LogP contribution < -0.4 is 9.46 Å². The first kappa shape index (κ1) is 22.5. The summed E-state index contributed by atoms with van der Waals surface area (Å²) in [6.45, 7) is 1.73. The Labute approximate surface area is 173 Å². The Hall–Kier alpha value is -3.21. The lowest BCUT2D eigenvalue weighted by Gasteiger charge is -2.15. The van der Waals surface area contributed by atoms with Gasteiger partial charge < -0.3 is 4.74 Å². The molecule has 1 N–H and O–H groups in total. The summed E-state index contributed by atoms with van der Waals surface area (Å²) in [4.78, 5) is -0.180. The third kappa shape index (κ3) is 5.10. The fraction of sp³-hybridized carbons (Fsp3) is 0.100. The van der Waals surface area contributed by atoms with Gasteiger partial charge in [0.1, 0.15) is 5.82 Å². The molecule has 0 atom stereocenters. The van der Waals surface area contributed by atoms with Gasteiger partial charge in [-0.25, -0.2) is 21.6 Å². The zero-order valence-electron chi connectivity index (χ0n) is 15.6. The summed E-state index contributed by atoms with van der Waals surface area (Å²) in [5.41, 5.74) is -1.31. The van der Waals surface area contributed by atoms with E-state index in [2.05, 4.69) is 0 Å². The molecule has 0 aliphatic rings. The van der Waals surface area contributed by atoms with Crippen LogP contribution in [0.3, 0.4) is 0 Å². The Balaban J connectivity index is 1.99. The van der Waals surface area contributed by atoms with Crippen molar-refractivity contribution in [2.24, 2.45) is 0 Å². The molecule has 3 aromatic carbocycles. The standard InChI is InChI=1S/C20H13F6NO3S/c1-11-2-5-14(6-3-11)31(28,29)27-17-10-13(21)4-7-18(17)30-19-15(22)8-12(9-16(19)23)20(24,25)26/h2-10,27H,1H3. The van der Waals surface area contributed by atoms with Crippen LogP contribution in [0.1, 0.15) is 11.1 Å². The lowest BCUT2D eigenvalue weighted by Crippen LogP contribution is -2.14. The van der Waals surface area contributed by atoms with Crippen LogP contribution in [0, 0.1) is 24.4 Å². The first-order valence-corrected chi connectivity index (χ1v) is 9.98. The third-order valence-corrected chi connectivity index (χ3v) is 5.44. The van der Waals surface area contributed by atoms with Crippen molar-refractivity contribution in [1.29, 1.82) is 0 Å². The molecule has 0 amide bonds. The van der Waals surface area contributed by atoms with Crippen molar-refractivity contribution < 1.29 is 39.5 Å². The van der Waals surface area contributed by atoms with E-state index in [1.165, 1.54) is 24.3 Å². The summed E-state index contributed by atoms with van der Waals surface area (Å²) in [5, 5.41) is 0. The number of alkyl halides is 3. The SMILES string of the molecule is Cc1ccc(S(=O)(=O)Nc2cc(F)ccc2Oc2c(F)cc(C(F)(F)F)cc2F)cc1. The smallest absolute Gasteiger partial charge is 0.416 e. The van der Waals surface area contributed by atoms with Crippen LogP contribution in [0.4, 0.5) is 32.0 Å². The highest BCUT2D eigenvalue weighted by Crippen LogP contribution is 2.38. The number of rotatable bonds is 5. The van der Waals surface area contributed by atoms with Crippen LogP contribution in [-0.4, -0.2) is 8.42 Å². The fourth-order valence-electron chi connectivity index (χ4n) is 2.52. The molecule has 0 heterocycles. The van der Waals surface area contributed by atoms with Gasteiger partial charge in [-0.2, -0.15) is 13.2 Å². The largest absolute Gasteiger partial charge is 0.449 e. The molecule has 0 aliphatic heterocycles. The van der Waals surface area contributed by atoms with E-state index in [-0.39, 0.29) is 17.0 Å². The number of nitrogens with one attached hydrogen (secondary N) is 1. The van der Waals surface area contributed by atoms with Crippen LogP contribution in [-0.2, 0) is 16.2 Å². The summed E-state index contributed by atoms with van der Waals surface area (Å²) in [6.07, 6.45) is -5.00. The first-order chi connectivity index (χ1) is 14.4. The van der Waals surface area contributed by atoms with Crippen molar-refractivity contribution >= 4 is 15.7 Å². The van der Waals surface area contributed by atoms with Gasteiger partial charge in [0.05, 0.1) is 16.1 Å². The second kappa shape index (κ2) is 8.14. The van der Waals surface area contributed by atoms with Crippen LogP contribution in [0.15, 0.2) is 59.5 Å². The molecule has 164 valence electrons. The Morgan fingerprint density at radius 2 is 1.45 bits per heavy atom. The van der Waals surface area contributed by atoms with Gasteiger partial charge in [-0.05, 0) is 43.3 Å². The minimum absolute atomic E-state index is 0.0259. The van der Waals surface area contributed by atoms with Crippen LogP contribution in [0.2, 0.25) is 0 Å². The molecule has 0 radical (unpaired) electrons. The van der Waals surface area contributed by atoms with Gasteiger partial charge in [-0.3, -0.25) is 4.72 Å². The topological polar surface area (TPSA) is 55.4 Å². The van der Waals surface area contributed by atoms with E-state index in [4.69, 9.17) is 4.74 Å². The Morgan fingerprint density at radius 1 is 0.871 bits per heavy atom. The molecule has 11 heteroatoms. The summed E-state index contributed by atoms with van der Waals surface area (Å²) in [5.74, 6) is -6.00. The molecule has 4 nitrogen and oxygen atoms in total. The van der Waals surface area contributed by atoms with Crippen molar-refractivity contribution in [3.05, 3.63) is 83.2 Å². The molecular weight excluding hydrogens is 448 g/mol. The maximum absolute atomic E-state index is 14.1. The van der Waals surface area contributed by atoms with Crippen molar-refractivity contribution in [2.45, 2.75) is 18.0 Å². The fourth-order valence-corrected chi connectivity index (χ4v) is 3.58. The van der Waals surface area contributed by atoms with Gasteiger partial charge in [0.25, 0.3) is 10.0 Å². The zero-order chi connectivity index (χ0) is 23.0. The minimum Gasteiger partial charge on any atom is -0.449 e. The normalized spacial score (nSPS) is 12.0. The Bertz CT molecular complexity index is 1200. The van der Waals surface area contributed by atoms with E-state index in [9.17, 15) is 34.8 Å². The molecule has 0 bridgehead atoms. The monoisotopic (exact) mass is 461 g/mol. The van der Waals surface area contributed by atoms with Crippen LogP contribution in [0.25, 0.3) is 0 Å². The molecule has 31 heavy (non-hydrogen) atoms. The van der Waals surface area contributed by atoms with Crippen molar-refractivity contribution in [1.82, 2.24) is 0 Å². The molecule has 0 aromatic heterocycles. The predicted molar refractivity (Wildman–Crippen MR) is 99.8 cm³/mol. The van der Waals surface area contributed by atoms with Gasteiger partial charge in [-0.1, -0.05) is 17.7 Å². The summed E-state index contributed by atoms with van der Waals surface area (Å²) >= 11 is 0. The van der Waals surface area contributed by atoms with Crippen molar-refractivity contribution in [3.63, 3.8) is 0 Å². The molecule has 0 saturated carbocycles. The first-order valence-electron chi connectivity index (χ1n) is 8.50. The average Bonchev–Trinajstić information content (AvgIpc) is 2.65. The maximum atomic E-state index is 14.1. The highest BCUT2D eigenvalue weighted by Gasteiger charge is 2.33. The lowest BCUT2D eigenvalue weighted by molar-refractivity contribution is -0.138. The van der Waals surface area contributed by atoms with Gasteiger partial charge in [0.2, 0.25) is 0 Å². The van der Waals surface area contributed by atoms with E-state index in [1.54, 1.807) is 6.92 Å². The van der Waals surface area contributed by atoms with Crippen LogP contribution in [0.5, 0.6) is 11.5 Å². The van der Waals surface area contributed by atoms with E-state index < -0.39 is 56.4 Å². The van der Waals surface area contributed by atoms with E-state index in [1.807, 2.05) is 4.72 Å². The molecule has 0 fully saturated rings. The van der Waals surface area contributed by atoms with E-state index in [0.29, 0.717) is 6.07 Å². The van der Waals surface area contributed by atoms with Gasteiger partial charge in [0.15, 0.2) is 23.1 Å². The van der Waals surface area contributed by atoms with Crippen molar-refractivity contribution in [3.8, 4) is 11.5 Å². The minimum atomic E-state index is -5.00. The number of sulfonamides is 1. The number of ether oxygens (including phenoxy) is 1. The van der Waals surface area contributed by atoms with E-state index in [0.717, 1.165) is 17.7 Å². The highest BCUT2D eigenvalue weighted by atomic mass is 32.2. The predicted octanol–water partition coefficient (Wildman–Crippen LogP) is 6.02. The second-order valence-corrected chi connectivity index (χ2v) is 8.11.